The Bertz CT molecular complexity index is 392. The summed E-state index contributed by atoms with van der Waals surface area (Å²) in [6.45, 7) is 1.02. The molecule has 4 nitrogen and oxygen atoms in total. The van der Waals surface area contributed by atoms with E-state index in [1.807, 2.05) is 12.1 Å². The van der Waals surface area contributed by atoms with Crippen molar-refractivity contribution in [3.8, 4) is 5.75 Å². The minimum Gasteiger partial charge on any atom is -0.496 e. The maximum Gasteiger partial charge on any atom is 0.257 e. The van der Waals surface area contributed by atoms with Crippen LogP contribution in [0.5, 0.6) is 5.75 Å². The van der Waals surface area contributed by atoms with E-state index in [4.69, 9.17) is 4.74 Å². The van der Waals surface area contributed by atoms with E-state index in [9.17, 15) is 9.90 Å². The first-order chi connectivity index (χ1) is 7.72. The first kappa shape index (κ1) is 11.0. The zero-order valence-corrected chi connectivity index (χ0v) is 9.22. The molecule has 0 aromatic heterocycles. The Hall–Kier alpha value is -1.55. The topological polar surface area (TPSA) is 49.8 Å². The first-order valence-electron chi connectivity index (χ1n) is 5.32. The number of methoxy groups -OCH3 is 1. The predicted octanol–water partition coefficient (Wildman–Crippen LogP) is 0.902. The van der Waals surface area contributed by atoms with Crippen molar-refractivity contribution in [2.24, 2.45) is 0 Å². The van der Waals surface area contributed by atoms with Crippen LogP contribution in [0.15, 0.2) is 24.3 Å². The molecule has 0 aliphatic carbocycles. The summed E-state index contributed by atoms with van der Waals surface area (Å²) in [4.78, 5) is 13.8. The zero-order valence-electron chi connectivity index (χ0n) is 9.22. The fourth-order valence-corrected chi connectivity index (χ4v) is 1.92. The highest BCUT2D eigenvalue weighted by atomic mass is 16.5. The third kappa shape index (κ3) is 2.02. The molecular weight excluding hydrogens is 206 g/mol. The average Bonchev–Trinajstić information content (AvgIpc) is 2.75. The average molecular weight is 221 g/mol. The molecule has 0 radical (unpaired) electrons. The number of hydrogen-bond donors (Lipinski definition) is 1. The van der Waals surface area contributed by atoms with Gasteiger partial charge in [0.1, 0.15) is 5.75 Å². The van der Waals surface area contributed by atoms with E-state index in [1.54, 1.807) is 24.1 Å². The molecule has 1 atom stereocenters. The van der Waals surface area contributed by atoms with Crippen LogP contribution in [0.3, 0.4) is 0 Å². The lowest BCUT2D eigenvalue weighted by Crippen LogP contribution is -2.29. The molecule has 1 N–H and O–H groups in total. The van der Waals surface area contributed by atoms with Crippen LogP contribution in [0.2, 0.25) is 0 Å². The highest BCUT2D eigenvalue weighted by Crippen LogP contribution is 2.21. The summed E-state index contributed by atoms with van der Waals surface area (Å²) in [5.74, 6) is 0.503. The number of aliphatic hydroxyl groups is 1. The number of aliphatic hydroxyl groups excluding tert-OH is 1. The van der Waals surface area contributed by atoms with Crippen LogP contribution in [-0.2, 0) is 0 Å². The molecule has 0 spiro atoms. The minimum atomic E-state index is -0.390. The molecule has 1 aliphatic rings. The van der Waals surface area contributed by atoms with Crippen LogP contribution >= 0.6 is 0 Å². The van der Waals surface area contributed by atoms with Gasteiger partial charge in [-0.1, -0.05) is 12.1 Å². The van der Waals surface area contributed by atoms with E-state index in [0.717, 1.165) is 0 Å². The number of benzene rings is 1. The van der Waals surface area contributed by atoms with Gasteiger partial charge in [-0.2, -0.15) is 0 Å². The Balaban J connectivity index is 2.20. The fraction of sp³-hybridized carbons (Fsp3) is 0.417. The lowest BCUT2D eigenvalue weighted by Gasteiger charge is -2.17. The van der Waals surface area contributed by atoms with Crippen molar-refractivity contribution in [1.82, 2.24) is 4.90 Å². The fourth-order valence-electron chi connectivity index (χ4n) is 1.92. The van der Waals surface area contributed by atoms with E-state index < -0.39 is 6.10 Å². The van der Waals surface area contributed by atoms with Gasteiger partial charge >= 0.3 is 0 Å². The Morgan fingerprint density at radius 1 is 1.50 bits per heavy atom. The summed E-state index contributed by atoms with van der Waals surface area (Å²) in [6.07, 6.45) is 0.264. The molecule has 1 amide bonds. The van der Waals surface area contributed by atoms with Gasteiger partial charge in [-0.15, -0.1) is 0 Å². The smallest absolute Gasteiger partial charge is 0.257 e. The van der Waals surface area contributed by atoms with Crippen molar-refractivity contribution in [3.63, 3.8) is 0 Å². The molecule has 1 aromatic carbocycles. The summed E-state index contributed by atoms with van der Waals surface area (Å²) in [6, 6.07) is 7.14. The van der Waals surface area contributed by atoms with Gasteiger partial charge in [-0.05, 0) is 18.6 Å². The van der Waals surface area contributed by atoms with Gasteiger partial charge in [-0.25, -0.2) is 0 Å². The molecule has 2 rings (SSSR count). The zero-order chi connectivity index (χ0) is 11.5. The van der Waals surface area contributed by atoms with E-state index in [-0.39, 0.29) is 5.91 Å². The highest BCUT2D eigenvalue weighted by Gasteiger charge is 2.26. The second-order valence-corrected chi connectivity index (χ2v) is 3.89. The van der Waals surface area contributed by atoms with Crippen molar-refractivity contribution in [1.29, 1.82) is 0 Å². The standard InChI is InChI=1S/C12H15NO3/c1-16-11-5-3-2-4-10(11)12(15)13-7-6-9(14)8-13/h2-5,9,14H,6-8H2,1H3/t9-/m1/s1. The molecule has 1 heterocycles. The number of likely N-dealkylation sites (tertiary alicyclic amines) is 1. The van der Waals surface area contributed by atoms with Crippen LogP contribution < -0.4 is 4.74 Å². The quantitative estimate of drug-likeness (QED) is 0.807. The van der Waals surface area contributed by atoms with Crippen LogP contribution in [0, 0.1) is 0 Å². The van der Waals surface area contributed by atoms with Gasteiger partial charge in [0.2, 0.25) is 0 Å². The molecule has 0 saturated carbocycles. The van der Waals surface area contributed by atoms with E-state index in [0.29, 0.717) is 30.8 Å². The number of carbonyl (C=O) groups excluding carboxylic acids is 1. The van der Waals surface area contributed by atoms with Crippen molar-refractivity contribution < 1.29 is 14.6 Å². The van der Waals surface area contributed by atoms with E-state index >= 15 is 0 Å². The molecule has 4 heteroatoms. The van der Waals surface area contributed by atoms with Gasteiger partial charge in [0.15, 0.2) is 0 Å². The minimum absolute atomic E-state index is 0.0750. The van der Waals surface area contributed by atoms with Crippen molar-refractivity contribution >= 4 is 5.91 Å². The number of nitrogens with zero attached hydrogens (tertiary/aromatic N) is 1. The third-order valence-electron chi connectivity index (χ3n) is 2.79. The van der Waals surface area contributed by atoms with Crippen molar-refractivity contribution in [3.05, 3.63) is 29.8 Å². The van der Waals surface area contributed by atoms with Gasteiger partial charge in [0, 0.05) is 13.1 Å². The number of para-hydroxylation sites is 1. The van der Waals surface area contributed by atoms with Crippen LogP contribution in [0.1, 0.15) is 16.8 Å². The second kappa shape index (κ2) is 4.53. The lowest BCUT2D eigenvalue weighted by atomic mass is 10.2. The Kier molecular flexibility index (Phi) is 3.10. The third-order valence-corrected chi connectivity index (χ3v) is 2.79. The highest BCUT2D eigenvalue weighted by molar-refractivity contribution is 5.97. The Morgan fingerprint density at radius 3 is 2.88 bits per heavy atom. The number of β-amino-alcohol motifs (C(OH)–C–C–N with tert-alkyl or cyclic N) is 1. The SMILES string of the molecule is COc1ccccc1C(=O)N1CC[C@@H](O)C1. The molecular formula is C12H15NO3. The van der Waals surface area contributed by atoms with Gasteiger partial charge in [0.05, 0.1) is 18.8 Å². The number of rotatable bonds is 2. The van der Waals surface area contributed by atoms with Crippen LogP contribution in [0.25, 0.3) is 0 Å². The van der Waals surface area contributed by atoms with E-state index in [2.05, 4.69) is 0 Å². The maximum absolute atomic E-state index is 12.1. The summed E-state index contributed by atoms with van der Waals surface area (Å²) >= 11 is 0. The molecule has 0 unspecified atom stereocenters. The molecule has 1 fully saturated rings. The van der Waals surface area contributed by atoms with Crippen LogP contribution in [0.4, 0.5) is 0 Å². The molecule has 0 bridgehead atoms. The largest absolute Gasteiger partial charge is 0.496 e. The number of carbonyl (C=O) groups is 1. The predicted molar refractivity (Wildman–Crippen MR) is 59.5 cm³/mol. The normalized spacial score (nSPS) is 19.9. The maximum atomic E-state index is 12.1. The summed E-state index contributed by atoms with van der Waals surface area (Å²) < 4.78 is 5.14. The van der Waals surface area contributed by atoms with E-state index in [1.165, 1.54) is 0 Å². The summed E-state index contributed by atoms with van der Waals surface area (Å²) in [5, 5.41) is 9.40. The van der Waals surface area contributed by atoms with Crippen molar-refractivity contribution in [2.75, 3.05) is 20.2 Å². The van der Waals surface area contributed by atoms with Gasteiger partial charge in [-0.3, -0.25) is 4.79 Å². The number of ether oxygens (including phenoxy) is 1. The molecule has 16 heavy (non-hydrogen) atoms. The van der Waals surface area contributed by atoms with Gasteiger partial charge < -0.3 is 14.7 Å². The van der Waals surface area contributed by atoms with Gasteiger partial charge in [0.25, 0.3) is 5.91 Å². The molecule has 1 aliphatic heterocycles. The Labute approximate surface area is 94.4 Å². The number of hydrogen-bond acceptors (Lipinski definition) is 3. The number of amides is 1. The summed E-state index contributed by atoms with van der Waals surface area (Å²) in [5.41, 5.74) is 0.555. The van der Waals surface area contributed by atoms with Crippen molar-refractivity contribution in [2.45, 2.75) is 12.5 Å². The summed E-state index contributed by atoms with van der Waals surface area (Å²) in [7, 11) is 1.55. The monoisotopic (exact) mass is 221 g/mol. The Morgan fingerprint density at radius 2 is 2.25 bits per heavy atom. The second-order valence-electron chi connectivity index (χ2n) is 3.89. The molecule has 1 aromatic rings. The first-order valence-corrected chi connectivity index (χ1v) is 5.32. The molecule has 1 saturated heterocycles. The lowest BCUT2D eigenvalue weighted by molar-refractivity contribution is 0.0761. The van der Waals surface area contributed by atoms with Crippen LogP contribution in [-0.4, -0.2) is 42.2 Å². The molecule has 86 valence electrons.